The highest BCUT2D eigenvalue weighted by Crippen LogP contribution is 2.32. The Hall–Kier alpha value is -2.02. The maximum atomic E-state index is 13.2. The van der Waals surface area contributed by atoms with Gasteiger partial charge in [0.1, 0.15) is 0 Å². The van der Waals surface area contributed by atoms with Crippen LogP contribution < -0.4 is 10.9 Å². The number of hydrogen-bond acceptors (Lipinski definition) is 5. The van der Waals surface area contributed by atoms with Crippen LogP contribution >= 0.6 is 0 Å². The second kappa shape index (κ2) is 7.78. The molecule has 0 spiro atoms. The summed E-state index contributed by atoms with van der Waals surface area (Å²) in [5.74, 6) is 1.11. The van der Waals surface area contributed by atoms with Crippen molar-refractivity contribution in [2.24, 2.45) is 11.8 Å². The first-order valence-electron chi connectivity index (χ1n) is 10.6. The molecule has 28 heavy (non-hydrogen) atoms. The largest absolute Gasteiger partial charge is 0.340 e. The van der Waals surface area contributed by atoms with Gasteiger partial charge >= 0.3 is 0 Å². The summed E-state index contributed by atoms with van der Waals surface area (Å²) < 4.78 is 0. The number of hydrazine groups is 1. The second-order valence-corrected chi connectivity index (χ2v) is 8.44. The number of benzene rings is 1. The molecule has 2 aromatic rings. The van der Waals surface area contributed by atoms with Crippen molar-refractivity contribution in [3.63, 3.8) is 0 Å². The maximum absolute atomic E-state index is 13.2. The standard InChI is InChI=1S/C22H29N5O/c28-22(19-8-2-5-17-14-24-25-21(17)19)27-12-10-26(11-13-27)15-18-6-1-4-16-7-3-9-23-20(16)18/h1,3-4,6-7,9,17,19,21,24-25H,2,5,8,10-15H2. The minimum absolute atomic E-state index is 0.141. The van der Waals surface area contributed by atoms with Crippen LogP contribution in [0.25, 0.3) is 10.9 Å². The monoisotopic (exact) mass is 379 g/mol. The topological polar surface area (TPSA) is 60.5 Å². The molecule has 6 heteroatoms. The third-order valence-corrected chi connectivity index (χ3v) is 6.78. The van der Waals surface area contributed by atoms with E-state index in [0.29, 0.717) is 17.9 Å². The van der Waals surface area contributed by atoms with Gasteiger partial charge in [-0.2, -0.15) is 0 Å². The van der Waals surface area contributed by atoms with Crippen molar-refractivity contribution >= 4 is 16.8 Å². The summed E-state index contributed by atoms with van der Waals surface area (Å²) in [6.07, 6.45) is 5.30. The molecule has 1 aliphatic carbocycles. The van der Waals surface area contributed by atoms with E-state index < -0.39 is 0 Å². The zero-order chi connectivity index (χ0) is 18.9. The Morgan fingerprint density at radius 3 is 2.86 bits per heavy atom. The van der Waals surface area contributed by atoms with Gasteiger partial charge in [-0.15, -0.1) is 0 Å². The number of fused-ring (bicyclic) bond motifs is 2. The number of pyridine rings is 1. The van der Waals surface area contributed by atoms with Crippen molar-refractivity contribution < 1.29 is 4.79 Å². The first-order chi connectivity index (χ1) is 13.8. The smallest absolute Gasteiger partial charge is 0.227 e. The fraction of sp³-hybridized carbons (Fsp3) is 0.545. The van der Waals surface area contributed by atoms with Crippen LogP contribution in [0.4, 0.5) is 0 Å². The third kappa shape index (κ3) is 3.41. The van der Waals surface area contributed by atoms with Crippen molar-refractivity contribution in [3.05, 3.63) is 42.1 Å². The predicted molar refractivity (Wildman–Crippen MR) is 109 cm³/mol. The summed E-state index contributed by atoms with van der Waals surface area (Å²) in [5, 5.41) is 1.19. The Kier molecular flexibility index (Phi) is 5.01. The number of hydrogen-bond donors (Lipinski definition) is 2. The van der Waals surface area contributed by atoms with Gasteiger partial charge in [0.05, 0.1) is 11.4 Å². The van der Waals surface area contributed by atoms with Crippen molar-refractivity contribution in [2.75, 3.05) is 32.7 Å². The Bertz CT molecular complexity index is 842. The molecular formula is C22H29N5O. The number of nitrogens with zero attached hydrogens (tertiary/aromatic N) is 3. The Morgan fingerprint density at radius 1 is 1.11 bits per heavy atom. The molecule has 1 saturated carbocycles. The summed E-state index contributed by atoms with van der Waals surface area (Å²) >= 11 is 0. The van der Waals surface area contributed by atoms with E-state index in [0.717, 1.165) is 51.2 Å². The van der Waals surface area contributed by atoms with Gasteiger partial charge in [0.25, 0.3) is 0 Å². The zero-order valence-corrected chi connectivity index (χ0v) is 16.3. The van der Waals surface area contributed by atoms with Crippen LogP contribution in [0.3, 0.4) is 0 Å². The molecule has 2 N–H and O–H groups in total. The van der Waals surface area contributed by atoms with Crippen LogP contribution in [0.15, 0.2) is 36.5 Å². The molecule has 5 rings (SSSR count). The average molecular weight is 380 g/mol. The minimum atomic E-state index is 0.141. The predicted octanol–water partition coefficient (Wildman–Crippen LogP) is 1.77. The number of nitrogens with one attached hydrogen (secondary N) is 2. The molecule has 3 unspecified atom stereocenters. The Labute approximate surface area is 166 Å². The first kappa shape index (κ1) is 18.0. The molecule has 3 atom stereocenters. The molecule has 1 aromatic carbocycles. The normalized spacial score (nSPS) is 28.4. The molecule has 2 aliphatic heterocycles. The van der Waals surface area contributed by atoms with Crippen LogP contribution in [0, 0.1) is 11.8 Å². The lowest BCUT2D eigenvalue weighted by Crippen LogP contribution is -2.54. The molecule has 3 aliphatic rings. The Balaban J connectivity index is 1.21. The third-order valence-electron chi connectivity index (χ3n) is 6.78. The van der Waals surface area contributed by atoms with Gasteiger partial charge in [0.15, 0.2) is 0 Å². The van der Waals surface area contributed by atoms with E-state index in [1.807, 2.05) is 12.3 Å². The molecule has 1 aromatic heterocycles. The lowest BCUT2D eigenvalue weighted by Gasteiger charge is -2.39. The maximum Gasteiger partial charge on any atom is 0.227 e. The van der Waals surface area contributed by atoms with Crippen LogP contribution in [0.2, 0.25) is 0 Å². The molecule has 2 saturated heterocycles. The summed E-state index contributed by atoms with van der Waals surface area (Å²) in [6.45, 7) is 5.43. The molecule has 3 fully saturated rings. The number of piperazine rings is 1. The van der Waals surface area contributed by atoms with Crippen molar-refractivity contribution in [2.45, 2.75) is 31.8 Å². The fourth-order valence-corrected chi connectivity index (χ4v) is 5.22. The van der Waals surface area contributed by atoms with Gasteiger partial charge < -0.3 is 4.90 Å². The van der Waals surface area contributed by atoms with Crippen molar-refractivity contribution in [1.29, 1.82) is 0 Å². The quantitative estimate of drug-likeness (QED) is 0.851. The van der Waals surface area contributed by atoms with E-state index in [4.69, 9.17) is 0 Å². The number of carbonyl (C=O) groups excluding carboxylic acids is 1. The highest BCUT2D eigenvalue weighted by Gasteiger charge is 2.42. The highest BCUT2D eigenvalue weighted by molar-refractivity contribution is 5.81. The highest BCUT2D eigenvalue weighted by atomic mass is 16.2. The van der Waals surface area contributed by atoms with Gasteiger partial charge in [-0.3, -0.25) is 25.5 Å². The SMILES string of the molecule is O=C(C1CCCC2CNNC21)N1CCN(Cc2cccc3cccnc23)CC1. The number of rotatable bonds is 3. The molecule has 148 valence electrons. The molecule has 0 radical (unpaired) electrons. The van der Waals surface area contributed by atoms with Gasteiger partial charge in [-0.05, 0) is 30.4 Å². The average Bonchev–Trinajstić information content (AvgIpc) is 3.23. The van der Waals surface area contributed by atoms with Gasteiger partial charge in [-0.1, -0.05) is 30.7 Å². The van der Waals surface area contributed by atoms with Gasteiger partial charge in [-0.25, -0.2) is 0 Å². The number of aromatic nitrogens is 1. The van der Waals surface area contributed by atoms with Gasteiger partial charge in [0, 0.05) is 56.9 Å². The first-order valence-corrected chi connectivity index (χ1v) is 10.6. The second-order valence-electron chi connectivity index (χ2n) is 8.44. The van der Waals surface area contributed by atoms with E-state index >= 15 is 0 Å². The van der Waals surface area contributed by atoms with E-state index in [2.05, 4.69) is 49.9 Å². The van der Waals surface area contributed by atoms with Crippen molar-refractivity contribution in [1.82, 2.24) is 25.6 Å². The summed E-state index contributed by atoms with van der Waals surface area (Å²) in [5.41, 5.74) is 9.00. The minimum Gasteiger partial charge on any atom is -0.340 e. The van der Waals surface area contributed by atoms with Crippen LogP contribution in [-0.4, -0.2) is 59.5 Å². The van der Waals surface area contributed by atoms with Crippen LogP contribution in [0.1, 0.15) is 24.8 Å². The number of para-hydroxylation sites is 1. The van der Waals surface area contributed by atoms with Crippen molar-refractivity contribution in [3.8, 4) is 0 Å². The summed E-state index contributed by atoms with van der Waals surface area (Å²) in [7, 11) is 0. The fourth-order valence-electron chi connectivity index (χ4n) is 5.22. The number of amides is 1. The number of carbonyl (C=O) groups is 1. The van der Waals surface area contributed by atoms with E-state index in [1.165, 1.54) is 23.8 Å². The zero-order valence-electron chi connectivity index (χ0n) is 16.3. The molecule has 6 nitrogen and oxygen atoms in total. The van der Waals surface area contributed by atoms with Gasteiger partial charge in [0.2, 0.25) is 5.91 Å². The molecule has 3 heterocycles. The lowest BCUT2D eigenvalue weighted by atomic mass is 9.77. The summed E-state index contributed by atoms with van der Waals surface area (Å²) in [4.78, 5) is 22.3. The van der Waals surface area contributed by atoms with Crippen LogP contribution in [-0.2, 0) is 11.3 Å². The van der Waals surface area contributed by atoms with E-state index in [1.54, 1.807) is 0 Å². The molecule has 0 bridgehead atoms. The molecular weight excluding hydrogens is 350 g/mol. The van der Waals surface area contributed by atoms with Crippen LogP contribution in [0.5, 0.6) is 0 Å². The van der Waals surface area contributed by atoms with E-state index in [-0.39, 0.29) is 5.92 Å². The Morgan fingerprint density at radius 2 is 1.96 bits per heavy atom. The molecule has 1 amide bonds. The lowest BCUT2D eigenvalue weighted by molar-refractivity contribution is -0.139. The summed E-state index contributed by atoms with van der Waals surface area (Å²) in [6, 6.07) is 10.8. The van der Waals surface area contributed by atoms with E-state index in [9.17, 15) is 4.79 Å².